The molecule has 0 atom stereocenters. The average Bonchev–Trinajstić information content (AvgIpc) is 2.50. The molecule has 110 valence electrons. The van der Waals surface area contributed by atoms with Crippen molar-refractivity contribution in [3.63, 3.8) is 0 Å². The van der Waals surface area contributed by atoms with Crippen LogP contribution < -0.4 is 10.1 Å². The molecule has 2 rings (SSSR count). The van der Waals surface area contributed by atoms with Crippen molar-refractivity contribution in [2.75, 3.05) is 11.9 Å². The molecule has 1 N–H and O–H groups in total. The van der Waals surface area contributed by atoms with Crippen LogP contribution in [-0.2, 0) is 17.1 Å². The number of halogens is 1. The lowest BCUT2D eigenvalue weighted by Gasteiger charge is -2.11. The van der Waals surface area contributed by atoms with Crippen molar-refractivity contribution in [1.82, 2.24) is 0 Å². The van der Waals surface area contributed by atoms with Crippen molar-refractivity contribution >= 4 is 23.2 Å². The summed E-state index contributed by atoms with van der Waals surface area (Å²) in [6.45, 7) is 2.51. The SMILES string of the molecule is CCOc1ccc(NC(=O)Cc2ccccc2)cc1CCl. The molecule has 0 spiro atoms. The van der Waals surface area contributed by atoms with Crippen LogP contribution in [0.5, 0.6) is 5.75 Å². The summed E-state index contributed by atoms with van der Waals surface area (Å²) in [6, 6.07) is 15.1. The summed E-state index contributed by atoms with van der Waals surface area (Å²) >= 11 is 5.91. The lowest BCUT2D eigenvalue weighted by Crippen LogP contribution is -2.14. The Bertz CT molecular complexity index is 599. The van der Waals surface area contributed by atoms with Gasteiger partial charge in [0.15, 0.2) is 0 Å². The quantitative estimate of drug-likeness (QED) is 0.819. The van der Waals surface area contributed by atoms with Crippen LogP contribution in [0.2, 0.25) is 0 Å². The van der Waals surface area contributed by atoms with Gasteiger partial charge in [0.05, 0.1) is 18.9 Å². The highest BCUT2D eigenvalue weighted by atomic mass is 35.5. The number of carbonyl (C=O) groups excluding carboxylic acids is 1. The van der Waals surface area contributed by atoms with Crippen LogP contribution in [-0.4, -0.2) is 12.5 Å². The Labute approximate surface area is 129 Å². The lowest BCUT2D eigenvalue weighted by atomic mass is 10.1. The third kappa shape index (κ3) is 4.50. The molecule has 0 unspecified atom stereocenters. The van der Waals surface area contributed by atoms with E-state index in [-0.39, 0.29) is 5.91 Å². The van der Waals surface area contributed by atoms with E-state index in [9.17, 15) is 4.79 Å². The second kappa shape index (κ2) is 7.70. The summed E-state index contributed by atoms with van der Waals surface area (Å²) in [5.74, 6) is 1.05. The predicted octanol–water partition coefficient (Wildman–Crippen LogP) is 4.01. The molecule has 2 aromatic rings. The largest absolute Gasteiger partial charge is 0.494 e. The molecular formula is C17H18ClNO2. The number of carbonyl (C=O) groups is 1. The topological polar surface area (TPSA) is 38.3 Å². The molecule has 3 nitrogen and oxygen atoms in total. The number of amides is 1. The highest BCUT2D eigenvalue weighted by Crippen LogP contribution is 2.24. The van der Waals surface area contributed by atoms with Crippen molar-refractivity contribution in [2.45, 2.75) is 19.2 Å². The highest BCUT2D eigenvalue weighted by molar-refractivity contribution is 6.17. The first kappa shape index (κ1) is 15.4. The molecule has 21 heavy (non-hydrogen) atoms. The molecule has 2 aromatic carbocycles. The van der Waals surface area contributed by atoms with E-state index in [0.717, 1.165) is 22.6 Å². The average molecular weight is 304 g/mol. The van der Waals surface area contributed by atoms with E-state index < -0.39 is 0 Å². The fourth-order valence-electron chi connectivity index (χ4n) is 2.04. The molecule has 0 aromatic heterocycles. The molecule has 1 amide bonds. The monoisotopic (exact) mass is 303 g/mol. The normalized spacial score (nSPS) is 10.2. The molecule has 0 aliphatic heterocycles. The third-order valence-corrected chi connectivity index (χ3v) is 3.28. The van der Waals surface area contributed by atoms with Gasteiger partial charge in [-0.25, -0.2) is 0 Å². The van der Waals surface area contributed by atoms with Crippen molar-refractivity contribution in [1.29, 1.82) is 0 Å². The first-order chi connectivity index (χ1) is 10.2. The summed E-state index contributed by atoms with van der Waals surface area (Å²) in [5, 5.41) is 2.88. The highest BCUT2D eigenvalue weighted by Gasteiger charge is 2.07. The summed E-state index contributed by atoms with van der Waals surface area (Å²) < 4.78 is 5.49. The van der Waals surface area contributed by atoms with E-state index in [1.807, 2.05) is 55.5 Å². The van der Waals surface area contributed by atoms with Crippen LogP contribution in [0.15, 0.2) is 48.5 Å². The maximum absolute atomic E-state index is 12.0. The van der Waals surface area contributed by atoms with Crippen LogP contribution in [0.3, 0.4) is 0 Å². The van der Waals surface area contributed by atoms with E-state index in [0.29, 0.717) is 18.9 Å². The van der Waals surface area contributed by atoms with Crippen LogP contribution in [0.4, 0.5) is 5.69 Å². The molecule has 0 aliphatic carbocycles. The van der Waals surface area contributed by atoms with Crippen molar-refractivity contribution < 1.29 is 9.53 Å². The molecule has 0 saturated heterocycles. The molecule has 0 radical (unpaired) electrons. The fraction of sp³-hybridized carbons (Fsp3) is 0.235. The smallest absolute Gasteiger partial charge is 0.228 e. The third-order valence-electron chi connectivity index (χ3n) is 3.00. The van der Waals surface area contributed by atoms with Crippen molar-refractivity contribution in [3.05, 3.63) is 59.7 Å². The predicted molar refractivity (Wildman–Crippen MR) is 85.9 cm³/mol. The zero-order valence-electron chi connectivity index (χ0n) is 11.9. The minimum Gasteiger partial charge on any atom is -0.494 e. The first-order valence-electron chi connectivity index (χ1n) is 6.88. The van der Waals surface area contributed by atoms with Gasteiger partial charge in [0.25, 0.3) is 0 Å². The number of hydrogen-bond acceptors (Lipinski definition) is 2. The molecular weight excluding hydrogens is 286 g/mol. The van der Waals surface area contributed by atoms with E-state index >= 15 is 0 Å². The van der Waals surface area contributed by atoms with Crippen LogP contribution in [0.1, 0.15) is 18.1 Å². The molecule has 0 heterocycles. The minimum atomic E-state index is -0.0501. The zero-order valence-corrected chi connectivity index (χ0v) is 12.7. The van der Waals surface area contributed by atoms with Gasteiger partial charge in [-0.05, 0) is 30.7 Å². The summed E-state index contributed by atoms with van der Waals surface area (Å²) in [5.41, 5.74) is 2.59. The lowest BCUT2D eigenvalue weighted by molar-refractivity contribution is -0.115. The Balaban J connectivity index is 2.04. The Morgan fingerprint density at radius 2 is 1.95 bits per heavy atom. The van der Waals surface area contributed by atoms with Gasteiger partial charge in [-0.3, -0.25) is 4.79 Å². The first-order valence-corrected chi connectivity index (χ1v) is 7.42. The summed E-state index contributed by atoms with van der Waals surface area (Å²) in [7, 11) is 0. The van der Waals surface area contributed by atoms with Crippen LogP contribution >= 0.6 is 11.6 Å². The maximum Gasteiger partial charge on any atom is 0.228 e. The second-order valence-corrected chi connectivity index (χ2v) is 4.87. The van der Waals surface area contributed by atoms with Gasteiger partial charge in [0.2, 0.25) is 5.91 Å². The molecule has 0 aliphatic rings. The van der Waals surface area contributed by atoms with Crippen LogP contribution in [0.25, 0.3) is 0 Å². The van der Waals surface area contributed by atoms with Crippen LogP contribution in [0, 0.1) is 0 Å². The number of ether oxygens (including phenoxy) is 1. The number of nitrogens with one attached hydrogen (secondary N) is 1. The number of hydrogen-bond donors (Lipinski definition) is 1. The Morgan fingerprint density at radius 1 is 1.19 bits per heavy atom. The number of anilines is 1. The number of rotatable bonds is 6. The Morgan fingerprint density at radius 3 is 2.62 bits per heavy atom. The van der Waals surface area contributed by atoms with Gasteiger partial charge in [-0.15, -0.1) is 11.6 Å². The van der Waals surface area contributed by atoms with Gasteiger partial charge in [-0.2, -0.15) is 0 Å². The molecule has 0 bridgehead atoms. The van der Waals surface area contributed by atoms with Gasteiger partial charge < -0.3 is 10.1 Å². The standard InChI is InChI=1S/C17H18ClNO2/c1-2-21-16-9-8-15(11-14(16)12-18)19-17(20)10-13-6-4-3-5-7-13/h3-9,11H,2,10,12H2,1H3,(H,19,20). The van der Waals surface area contributed by atoms with E-state index in [1.165, 1.54) is 0 Å². The molecule has 0 saturated carbocycles. The summed E-state index contributed by atoms with van der Waals surface area (Å²) in [4.78, 5) is 12.0. The Hall–Kier alpha value is -2.00. The van der Waals surface area contributed by atoms with E-state index in [4.69, 9.17) is 16.3 Å². The van der Waals surface area contributed by atoms with E-state index in [2.05, 4.69) is 5.32 Å². The van der Waals surface area contributed by atoms with E-state index in [1.54, 1.807) is 0 Å². The zero-order chi connectivity index (χ0) is 15.1. The number of benzene rings is 2. The van der Waals surface area contributed by atoms with Crippen molar-refractivity contribution in [3.8, 4) is 5.75 Å². The Kier molecular flexibility index (Phi) is 5.64. The molecule has 4 heteroatoms. The number of alkyl halides is 1. The van der Waals surface area contributed by atoms with Gasteiger partial charge >= 0.3 is 0 Å². The minimum absolute atomic E-state index is 0.0501. The van der Waals surface area contributed by atoms with Gasteiger partial charge in [0.1, 0.15) is 5.75 Å². The fourth-order valence-corrected chi connectivity index (χ4v) is 2.25. The van der Waals surface area contributed by atoms with Crippen molar-refractivity contribution in [2.24, 2.45) is 0 Å². The maximum atomic E-state index is 12.0. The summed E-state index contributed by atoms with van der Waals surface area (Å²) in [6.07, 6.45) is 0.351. The molecule has 0 fully saturated rings. The van der Waals surface area contributed by atoms with Gasteiger partial charge in [0, 0.05) is 11.3 Å². The van der Waals surface area contributed by atoms with Gasteiger partial charge in [-0.1, -0.05) is 30.3 Å². The second-order valence-electron chi connectivity index (χ2n) is 4.60.